The van der Waals surface area contributed by atoms with Gasteiger partial charge >= 0.3 is 0 Å². The first-order valence-corrected chi connectivity index (χ1v) is 7.22. The first-order valence-electron chi connectivity index (χ1n) is 7.22. The Morgan fingerprint density at radius 2 is 1.89 bits per heavy atom. The summed E-state index contributed by atoms with van der Waals surface area (Å²) in [5, 5.41) is 0. The summed E-state index contributed by atoms with van der Waals surface area (Å²) in [6.07, 6.45) is 0. The number of nitrogens with two attached hydrogens (primary N) is 1. The first kappa shape index (κ1) is 16.2. The maximum Gasteiger partial charge on any atom is 0.0593 e. The van der Waals surface area contributed by atoms with Gasteiger partial charge in [-0.1, -0.05) is 44.2 Å². The molecule has 0 spiro atoms. The van der Waals surface area contributed by atoms with E-state index in [-0.39, 0.29) is 5.41 Å². The Balaban J connectivity index is 2.68. The highest BCUT2D eigenvalue weighted by Crippen LogP contribution is 2.23. The number of nitrogens with zero attached hydrogens (tertiary/aromatic N) is 1. The van der Waals surface area contributed by atoms with Crippen molar-refractivity contribution in [2.24, 2.45) is 5.73 Å². The summed E-state index contributed by atoms with van der Waals surface area (Å²) in [5.41, 5.74) is 7.35. The molecule has 19 heavy (non-hydrogen) atoms. The van der Waals surface area contributed by atoms with E-state index < -0.39 is 0 Å². The zero-order valence-electron chi connectivity index (χ0n) is 12.6. The SMILES string of the molecule is CCOCCN(CC)CC(C)(CN)c1ccccc1. The molecule has 3 heteroatoms. The Bertz CT molecular complexity index is 342. The normalized spacial score (nSPS) is 14.6. The average molecular weight is 264 g/mol. The van der Waals surface area contributed by atoms with Crippen molar-refractivity contribution in [3.63, 3.8) is 0 Å². The van der Waals surface area contributed by atoms with Crippen molar-refractivity contribution in [3.05, 3.63) is 35.9 Å². The van der Waals surface area contributed by atoms with Crippen LogP contribution < -0.4 is 5.73 Å². The first-order chi connectivity index (χ1) is 9.16. The standard InChI is InChI=1S/C16H28N2O/c1-4-18(11-12-19-5-2)14-16(3,13-17)15-9-7-6-8-10-15/h6-10H,4-5,11-14,17H2,1-3H3. The molecule has 0 aromatic heterocycles. The van der Waals surface area contributed by atoms with Crippen molar-refractivity contribution < 1.29 is 4.74 Å². The molecule has 1 rings (SSSR count). The lowest BCUT2D eigenvalue weighted by atomic mass is 9.82. The lowest BCUT2D eigenvalue weighted by molar-refractivity contribution is 0.106. The molecule has 0 saturated carbocycles. The molecule has 1 unspecified atom stereocenters. The minimum atomic E-state index is 0.00346. The summed E-state index contributed by atoms with van der Waals surface area (Å²) in [5.74, 6) is 0. The van der Waals surface area contributed by atoms with E-state index in [1.807, 2.05) is 13.0 Å². The van der Waals surface area contributed by atoms with Gasteiger partial charge < -0.3 is 15.4 Å². The van der Waals surface area contributed by atoms with E-state index in [0.717, 1.165) is 32.8 Å². The Hall–Kier alpha value is -0.900. The van der Waals surface area contributed by atoms with Gasteiger partial charge in [-0.2, -0.15) is 0 Å². The summed E-state index contributed by atoms with van der Waals surface area (Å²) in [6, 6.07) is 10.6. The van der Waals surface area contributed by atoms with Crippen LogP contribution in [0, 0.1) is 0 Å². The second-order valence-corrected chi connectivity index (χ2v) is 5.20. The number of hydrogen-bond acceptors (Lipinski definition) is 3. The molecule has 2 N–H and O–H groups in total. The van der Waals surface area contributed by atoms with Gasteiger partial charge in [-0.15, -0.1) is 0 Å². The van der Waals surface area contributed by atoms with Crippen LogP contribution in [0.1, 0.15) is 26.3 Å². The number of ether oxygens (including phenoxy) is 1. The van der Waals surface area contributed by atoms with Crippen LogP contribution in [-0.2, 0) is 10.2 Å². The van der Waals surface area contributed by atoms with Gasteiger partial charge in [0.2, 0.25) is 0 Å². The van der Waals surface area contributed by atoms with Gasteiger partial charge in [0.05, 0.1) is 6.61 Å². The molecule has 1 aromatic rings. The Labute approximate surface area is 117 Å². The van der Waals surface area contributed by atoms with Gasteiger partial charge in [-0.3, -0.25) is 0 Å². The van der Waals surface area contributed by atoms with Crippen molar-refractivity contribution >= 4 is 0 Å². The Morgan fingerprint density at radius 3 is 2.42 bits per heavy atom. The van der Waals surface area contributed by atoms with Crippen LogP contribution in [0.2, 0.25) is 0 Å². The second kappa shape index (κ2) is 8.31. The molecule has 0 radical (unpaired) electrons. The van der Waals surface area contributed by atoms with Crippen molar-refractivity contribution in [2.45, 2.75) is 26.2 Å². The summed E-state index contributed by atoms with van der Waals surface area (Å²) < 4.78 is 5.45. The molecule has 1 aromatic carbocycles. The van der Waals surface area contributed by atoms with E-state index in [4.69, 9.17) is 10.5 Å². The third-order valence-corrected chi connectivity index (χ3v) is 3.70. The van der Waals surface area contributed by atoms with E-state index in [2.05, 4.69) is 43.0 Å². The molecule has 1 atom stereocenters. The topological polar surface area (TPSA) is 38.5 Å². The summed E-state index contributed by atoms with van der Waals surface area (Å²) in [6.45, 7) is 11.6. The second-order valence-electron chi connectivity index (χ2n) is 5.20. The maximum atomic E-state index is 6.04. The van der Waals surface area contributed by atoms with Gasteiger partial charge in [0.1, 0.15) is 0 Å². The number of benzene rings is 1. The molecule has 0 aliphatic rings. The molecule has 0 aliphatic carbocycles. The summed E-state index contributed by atoms with van der Waals surface area (Å²) in [4.78, 5) is 2.41. The van der Waals surface area contributed by atoms with E-state index in [1.165, 1.54) is 5.56 Å². The van der Waals surface area contributed by atoms with Gasteiger partial charge in [0.25, 0.3) is 0 Å². The van der Waals surface area contributed by atoms with Crippen molar-refractivity contribution in [2.75, 3.05) is 39.4 Å². The molecule has 0 heterocycles. The summed E-state index contributed by atoms with van der Waals surface area (Å²) >= 11 is 0. The van der Waals surface area contributed by atoms with Crippen LogP contribution in [0.5, 0.6) is 0 Å². The van der Waals surface area contributed by atoms with Crippen LogP contribution in [-0.4, -0.2) is 44.3 Å². The Morgan fingerprint density at radius 1 is 1.21 bits per heavy atom. The minimum Gasteiger partial charge on any atom is -0.380 e. The summed E-state index contributed by atoms with van der Waals surface area (Å²) in [7, 11) is 0. The number of rotatable bonds is 9. The molecular weight excluding hydrogens is 236 g/mol. The molecule has 0 aliphatic heterocycles. The van der Waals surface area contributed by atoms with E-state index in [0.29, 0.717) is 6.54 Å². The zero-order valence-corrected chi connectivity index (χ0v) is 12.6. The van der Waals surface area contributed by atoms with Crippen LogP contribution in [0.3, 0.4) is 0 Å². The van der Waals surface area contributed by atoms with E-state index in [9.17, 15) is 0 Å². The molecule has 0 bridgehead atoms. The highest BCUT2D eigenvalue weighted by Gasteiger charge is 2.27. The largest absolute Gasteiger partial charge is 0.380 e. The van der Waals surface area contributed by atoms with Gasteiger partial charge in [-0.05, 0) is 19.0 Å². The van der Waals surface area contributed by atoms with Crippen LogP contribution in [0.15, 0.2) is 30.3 Å². The quantitative estimate of drug-likeness (QED) is 0.695. The van der Waals surface area contributed by atoms with Crippen LogP contribution in [0.25, 0.3) is 0 Å². The lowest BCUT2D eigenvalue weighted by Gasteiger charge is -2.34. The fraction of sp³-hybridized carbons (Fsp3) is 0.625. The minimum absolute atomic E-state index is 0.00346. The van der Waals surface area contributed by atoms with Gasteiger partial charge in [0.15, 0.2) is 0 Å². The van der Waals surface area contributed by atoms with Gasteiger partial charge in [-0.25, -0.2) is 0 Å². The highest BCUT2D eigenvalue weighted by molar-refractivity contribution is 5.25. The monoisotopic (exact) mass is 264 g/mol. The predicted octanol–water partition coefficient (Wildman–Crippen LogP) is 2.26. The molecule has 0 amide bonds. The lowest BCUT2D eigenvalue weighted by Crippen LogP contribution is -2.45. The fourth-order valence-corrected chi connectivity index (χ4v) is 2.29. The fourth-order valence-electron chi connectivity index (χ4n) is 2.29. The van der Waals surface area contributed by atoms with E-state index in [1.54, 1.807) is 0 Å². The van der Waals surface area contributed by atoms with Crippen LogP contribution in [0.4, 0.5) is 0 Å². The number of likely N-dealkylation sites (N-methyl/N-ethyl adjacent to an activating group) is 1. The van der Waals surface area contributed by atoms with Crippen molar-refractivity contribution in [1.82, 2.24) is 4.90 Å². The zero-order chi connectivity index (χ0) is 14.1. The average Bonchev–Trinajstić information content (AvgIpc) is 2.47. The smallest absolute Gasteiger partial charge is 0.0593 e. The highest BCUT2D eigenvalue weighted by atomic mass is 16.5. The molecule has 108 valence electrons. The predicted molar refractivity (Wildman–Crippen MR) is 81.5 cm³/mol. The van der Waals surface area contributed by atoms with E-state index >= 15 is 0 Å². The molecular formula is C16H28N2O. The van der Waals surface area contributed by atoms with Crippen LogP contribution >= 0.6 is 0 Å². The molecule has 0 fully saturated rings. The Kier molecular flexibility index (Phi) is 7.06. The third kappa shape index (κ3) is 4.94. The van der Waals surface area contributed by atoms with Gasteiger partial charge in [0, 0.05) is 31.7 Å². The molecule has 0 saturated heterocycles. The van der Waals surface area contributed by atoms with Crippen molar-refractivity contribution in [1.29, 1.82) is 0 Å². The van der Waals surface area contributed by atoms with Crippen molar-refractivity contribution in [3.8, 4) is 0 Å². The molecule has 3 nitrogen and oxygen atoms in total. The number of hydrogen-bond donors (Lipinski definition) is 1. The maximum absolute atomic E-state index is 6.04. The third-order valence-electron chi connectivity index (χ3n) is 3.70.